The Balaban J connectivity index is 1.74. The second kappa shape index (κ2) is 9.12. The number of nitrogens with zero attached hydrogens (tertiary/aromatic N) is 2. The molecule has 0 unspecified atom stereocenters. The average Bonchev–Trinajstić information content (AvgIpc) is 2.61. The van der Waals surface area contributed by atoms with Gasteiger partial charge in [-0.3, -0.25) is 9.59 Å². The van der Waals surface area contributed by atoms with Gasteiger partial charge in [0.15, 0.2) is 6.61 Å². The quantitative estimate of drug-likeness (QED) is 0.736. The topological polar surface area (TPSA) is 68.3 Å². The van der Waals surface area contributed by atoms with E-state index in [4.69, 9.17) is 14.2 Å². The van der Waals surface area contributed by atoms with Crippen molar-refractivity contribution in [3.8, 4) is 11.5 Å². The summed E-state index contributed by atoms with van der Waals surface area (Å²) in [6.45, 7) is 4.67. The molecule has 0 bridgehead atoms. The molecule has 0 saturated carbocycles. The molecular weight excluding hydrogens is 312 g/mol. The van der Waals surface area contributed by atoms with Gasteiger partial charge in [-0.2, -0.15) is 0 Å². The molecule has 0 aliphatic carbocycles. The molecule has 1 fully saturated rings. The summed E-state index contributed by atoms with van der Waals surface area (Å²) < 4.78 is 15.7. The molecule has 7 heteroatoms. The highest BCUT2D eigenvalue weighted by Crippen LogP contribution is 2.17. The number of hydrogen-bond acceptors (Lipinski definition) is 5. The fraction of sp³-hybridized carbons (Fsp3) is 0.529. The van der Waals surface area contributed by atoms with Gasteiger partial charge >= 0.3 is 0 Å². The highest BCUT2D eigenvalue weighted by Gasteiger charge is 2.24. The van der Waals surface area contributed by atoms with Gasteiger partial charge < -0.3 is 24.0 Å². The third-order valence-corrected chi connectivity index (χ3v) is 3.75. The van der Waals surface area contributed by atoms with Crippen LogP contribution in [-0.4, -0.2) is 74.7 Å². The molecule has 1 saturated heterocycles. The smallest absolute Gasteiger partial charge is 0.260 e. The predicted molar refractivity (Wildman–Crippen MR) is 88.1 cm³/mol. The molecule has 132 valence electrons. The van der Waals surface area contributed by atoms with E-state index < -0.39 is 0 Å². The molecular formula is C17H24N2O5. The Hall–Kier alpha value is -2.28. The highest BCUT2D eigenvalue weighted by molar-refractivity contribution is 5.79. The van der Waals surface area contributed by atoms with Crippen LogP contribution in [-0.2, 0) is 14.3 Å². The second-order valence-electron chi connectivity index (χ2n) is 5.39. The number of hydrogen-bond donors (Lipinski definition) is 0. The fourth-order valence-corrected chi connectivity index (χ4v) is 2.46. The Labute approximate surface area is 142 Å². The molecule has 0 spiro atoms. The normalized spacial score (nSPS) is 14.4. The first kappa shape index (κ1) is 18.1. The number of piperazine rings is 1. The summed E-state index contributed by atoms with van der Waals surface area (Å²) in [6, 6.07) is 7.17. The number of carbonyl (C=O) groups excluding carboxylic acids is 2. The van der Waals surface area contributed by atoms with E-state index in [0.29, 0.717) is 38.5 Å². The van der Waals surface area contributed by atoms with Crippen LogP contribution in [0, 0.1) is 0 Å². The van der Waals surface area contributed by atoms with Crippen molar-refractivity contribution in [2.75, 3.05) is 53.1 Å². The van der Waals surface area contributed by atoms with Gasteiger partial charge in [-0.05, 0) is 31.2 Å². The van der Waals surface area contributed by atoms with Crippen molar-refractivity contribution in [1.82, 2.24) is 9.80 Å². The second-order valence-corrected chi connectivity index (χ2v) is 5.39. The number of rotatable bonds is 7. The maximum atomic E-state index is 12.2. The minimum atomic E-state index is -0.0808. The van der Waals surface area contributed by atoms with Crippen molar-refractivity contribution in [3.63, 3.8) is 0 Å². The van der Waals surface area contributed by atoms with Crippen molar-refractivity contribution in [1.29, 1.82) is 0 Å². The van der Waals surface area contributed by atoms with Gasteiger partial charge in [-0.15, -0.1) is 0 Å². The summed E-state index contributed by atoms with van der Waals surface area (Å²) in [7, 11) is 1.50. The number of ether oxygens (including phenoxy) is 3. The molecule has 1 aromatic rings. The van der Waals surface area contributed by atoms with Crippen LogP contribution in [0.15, 0.2) is 24.3 Å². The largest absolute Gasteiger partial charge is 0.494 e. The van der Waals surface area contributed by atoms with Crippen molar-refractivity contribution < 1.29 is 23.8 Å². The number of methoxy groups -OCH3 is 1. The van der Waals surface area contributed by atoms with Crippen LogP contribution in [0.4, 0.5) is 0 Å². The number of benzene rings is 1. The van der Waals surface area contributed by atoms with E-state index >= 15 is 0 Å². The first-order valence-corrected chi connectivity index (χ1v) is 8.04. The molecule has 24 heavy (non-hydrogen) atoms. The summed E-state index contributed by atoms with van der Waals surface area (Å²) in [5.41, 5.74) is 0. The highest BCUT2D eigenvalue weighted by atomic mass is 16.5. The lowest BCUT2D eigenvalue weighted by molar-refractivity contribution is -0.142. The maximum Gasteiger partial charge on any atom is 0.260 e. The molecule has 2 rings (SSSR count). The maximum absolute atomic E-state index is 12.2. The Morgan fingerprint density at radius 1 is 0.875 bits per heavy atom. The Morgan fingerprint density at radius 3 is 1.79 bits per heavy atom. The van der Waals surface area contributed by atoms with Crippen LogP contribution in [0.3, 0.4) is 0 Å². The van der Waals surface area contributed by atoms with Crippen LogP contribution >= 0.6 is 0 Å². The third-order valence-electron chi connectivity index (χ3n) is 3.75. The third kappa shape index (κ3) is 5.13. The molecule has 0 N–H and O–H groups in total. The molecule has 0 radical (unpaired) electrons. The zero-order valence-electron chi connectivity index (χ0n) is 14.2. The molecule has 0 aromatic heterocycles. The van der Waals surface area contributed by atoms with Gasteiger partial charge in [-0.25, -0.2) is 0 Å². The zero-order chi connectivity index (χ0) is 17.4. The number of amides is 2. The first-order chi connectivity index (χ1) is 11.6. The van der Waals surface area contributed by atoms with Gasteiger partial charge in [0.05, 0.1) is 6.61 Å². The standard InChI is InChI=1S/C17H24N2O5/c1-3-23-14-4-6-15(7-5-14)24-13-17(21)19-10-8-18(9-11-19)16(20)12-22-2/h4-7H,3,8-13H2,1-2H3. The molecule has 7 nitrogen and oxygen atoms in total. The van der Waals surface area contributed by atoms with Crippen LogP contribution in [0.5, 0.6) is 11.5 Å². The summed E-state index contributed by atoms with van der Waals surface area (Å²) in [6.07, 6.45) is 0. The zero-order valence-corrected chi connectivity index (χ0v) is 14.2. The Morgan fingerprint density at radius 2 is 1.33 bits per heavy atom. The van der Waals surface area contributed by atoms with Crippen LogP contribution < -0.4 is 9.47 Å². The lowest BCUT2D eigenvalue weighted by atomic mass is 10.3. The van der Waals surface area contributed by atoms with E-state index in [2.05, 4.69) is 0 Å². The molecule has 1 aliphatic rings. The van der Waals surface area contributed by atoms with E-state index in [9.17, 15) is 9.59 Å². The van der Waals surface area contributed by atoms with Crippen molar-refractivity contribution in [2.45, 2.75) is 6.92 Å². The van der Waals surface area contributed by atoms with Crippen LogP contribution in [0.2, 0.25) is 0 Å². The van der Waals surface area contributed by atoms with E-state index in [-0.39, 0.29) is 25.0 Å². The van der Waals surface area contributed by atoms with Crippen LogP contribution in [0.25, 0.3) is 0 Å². The van der Waals surface area contributed by atoms with Gasteiger partial charge in [0.25, 0.3) is 5.91 Å². The Bertz CT molecular complexity index is 538. The fourth-order valence-electron chi connectivity index (χ4n) is 2.46. The molecule has 1 aliphatic heterocycles. The van der Waals surface area contributed by atoms with Crippen molar-refractivity contribution in [3.05, 3.63) is 24.3 Å². The SMILES string of the molecule is CCOc1ccc(OCC(=O)N2CCN(C(=O)COC)CC2)cc1. The van der Waals surface area contributed by atoms with E-state index in [1.54, 1.807) is 21.9 Å². The molecule has 1 aromatic carbocycles. The Kier molecular flexibility index (Phi) is 6.87. The van der Waals surface area contributed by atoms with E-state index in [1.807, 2.05) is 19.1 Å². The van der Waals surface area contributed by atoms with Crippen molar-refractivity contribution in [2.24, 2.45) is 0 Å². The lowest BCUT2D eigenvalue weighted by Crippen LogP contribution is -2.52. The van der Waals surface area contributed by atoms with Gasteiger partial charge in [0.2, 0.25) is 5.91 Å². The van der Waals surface area contributed by atoms with Gasteiger partial charge in [-0.1, -0.05) is 0 Å². The molecule has 1 heterocycles. The van der Waals surface area contributed by atoms with E-state index in [0.717, 1.165) is 5.75 Å². The van der Waals surface area contributed by atoms with Crippen molar-refractivity contribution >= 4 is 11.8 Å². The average molecular weight is 336 g/mol. The summed E-state index contributed by atoms with van der Waals surface area (Å²) in [4.78, 5) is 27.3. The lowest BCUT2D eigenvalue weighted by Gasteiger charge is -2.34. The van der Waals surface area contributed by atoms with Crippen LogP contribution in [0.1, 0.15) is 6.92 Å². The summed E-state index contributed by atoms with van der Waals surface area (Å²) in [5.74, 6) is 1.27. The van der Waals surface area contributed by atoms with Gasteiger partial charge in [0, 0.05) is 33.3 Å². The minimum Gasteiger partial charge on any atom is -0.494 e. The van der Waals surface area contributed by atoms with E-state index in [1.165, 1.54) is 7.11 Å². The predicted octanol–water partition coefficient (Wildman–Crippen LogP) is 0.781. The monoisotopic (exact) mass is 336 g/mol. The van der Waals surface area contributed by atoms with Gasteiger partial charge in [0.1, 0.15) is 18.1 Å². The summed E-state index contributed by atoms with van der Waals surface area (Å²) >= 11 is 0. The molecule has 0 atom stereocenters. The first-order valence-electron chi connectivity index (χ1n) is 8.04. The minimum absolute atomic E-state index is 0.0139. The molecule has 2 amide bonds. The summed E-state index contributed by atoms with van der Waals surface area (Å²) in [5, 5.41) is 0. The number of carbonyl (C=O) groups is 2.